The first kappa shape index (κ1) is 19.0. The van der Waals surface area contributed by atoms with Gasteiger partial charge in [0, 0.05) is 24.8 Å². The highest BCUT2D eigenvalue weighted by Gasteiger charge is 2.12. The van der Waals surface area contributed by atoms with E-state index in [-0.39, 0.29) is 24.0 Å². The Morgan fingerprint density at radius 1 is 1.45 bits per heavy atom. The summed E-state index contributed by atoms with van der Waals surface area (Å²) in [4.78, 5) is 10.8. The molecule has 1 saturated heterocycles. The molecule has 0 radical (unpaired) electrons. The lowest BCUT2D eigenvalue weighted by Gasteiger charge is -2.27. The number of unbranched alkanes of at least 4 members (excludes halogenated alkanes) is 1. The highest BCUT2D eigenvalue weighted by Crippen LogP contribution is 2.16. The number of morpholine rings is 1. The van der Waals surface area contributed by atoms with Gasteiger partial charge in [-0.3, -0.25) is 0 Å². The second kappa shape index (κ2) is 10.6. The molecule has 0 spiro atoms. The Hall–Kier alpha value is -1.09. The average Bonchev–Trinajstić information content (AvgIpc) is 2.54. The van der Waals surface area contributed by atoms with E-state index >= 15 is 0 Å². The number of aromatic nitrogens is 1. The van der Waals surface area contributed by atoms with Crippen molar-refractivity contribution in [1.29, 1.82) is 0 Å². The Kier molecular flexibility index (Phi) is 9.14. The maximum absolute atomic E-state index is 6.03. The van der Waals surface area contributed by atoms with E-state index < -0.39 is 0 Å². The number of nitrogens with zero attached hydrogens (tertiary/aromatic N) is 3. The molecule has 0 saturated carbocycles. The third kappa shape index (κ3) is 5.96. The lowest BCUT2D eigenvalue weighted by atomic mass is 10.2. The zero-order chi connectivity index (χ0) is 14.9. The van der Waals surface area contributed by atoms with Crippen LogP contribution in [0, 0.1) is 0 Å². The SMILES string of the molecule is CCCCOc1ncccc1CN=C(N)N1CCOCC1.I. The average molecular weight is 420 g/mol. The Labute approximate surface area is 149 Å². The monoisotopic (exact) mass is 420 g/mol. The molecule has 2 rings (SSSR count). The minimum absolute atomic E-state index is 0. The summed E-state index contributed by atoms with van der Waals surface area (Å²) in [5.41, 5.74) is 6.99. The van der Waals surface area contributed by atoms with E-state index in [0.29, 0.717) is 38.2 Å². The summed E-state index contributed by atoms with van der Waals surface area (Å²) < 4.78 is 11.0. The van der Waals surface area contributed by atoms with E-state index in [1.807, 2.05) is 17.0 Å². The van der Waals surface area contributed by atoms with Crippen LogP contribution in [0.1, 0.15) is 25.3 Å². The number of hydrogen-bond acceptors (Lipinski definition) is 4. The molecule has 1 aromatic rings. The van der Waals surface area contributed by atoms with Crippen LogP contribution in [-0.4, -0.2) is 48.8 Å². The first-order chi connectivity index (χ1) is 10.3. The van der Waals surface area contributed by atoms with Crippen molar-refractivity contribution in [2.75, 3.05) is 32.9 Å². The summed E-state index contributed by atoms with van der Waals surface area (Å²) in [5.74, 6) is 1.21. The molecule has 124 valence electrons. The minimum Gasteiger partial charge on any atom is -0.477 e. The summed E-state index contributed by atoms with van der Waals surface area (Å²) in [5, 5.41) is 0. The van der Waals surface area contributed by atoms with Crippen molar-refractivity contribution in [2.45, 2.75) is 26.3 Å². The molecule has 7 heteroatoms. The van der Waals surface area contributed by atoms with Crippen LogP contribution in [-0.2, 0) is 11.3 Å². The summed E-state index contributed by atoms with van der Waals surface area (Å²) in [6, 6.07) is 3.87. The van der Waals surface area contributed by atoms with Gasteiger partial charge in [0.15, 0.2) is 5.96 Å². The fraction of sp³-hybridized carbons (Fsp3) is 0.600. The number of aliphatic imine (C=N–C) groups is 1. The highest BCUT2D eigenvalue weighted by molar-refractivity contribution is 14.0. The molecule has 2 heterocycles. The molecule has 2 N–H and O–H groups in total. The lowest BCUT2D eigenvalue weighted by Crippen LogP contribution is -2.44. The van der Waals surface area contributed by atoms with E-state index in [4.69, 9.17) is 15.2 Å². The van der Waals surface area contributed by atoms with Crippen LogP contribution >= 0.6 is 24.0 Å². The minimum atomic E-state index is 0. The molecule has 6 nitrogen and oxygen atoms in total. The largest absolute Gasteiger partial charge is 0.477 e. The van der Waals surface area contributed by atoms with Crippen molar-refractivity contribution in [2.24, 2.45) is 10.7 Å². The van der Waals surface area contributed by atoms with Crippen molar-refractivity contribution in [3.05, 3.63) is 23.9 Å². The number of hydrogen-bond donors (Lipinski definition) is 1. The van der Waals surface area contributed by atoms with E-state index in [1.54, 1.807) is 6.20 Å². The highest BCUT2D eigenvalue weighted by atomic mass is 127. The Bertz CT molecular complexity index is 465. The fourth-order valence-corrected chi connectivity index (χ4v) is 2.05. The van der Waals surface area contributed by atoms with Gasteiger partial charge in [-0.05, 0) is 12.5 Å². The number of halogens is 1. The van der Waals surface area contributed by atoms with Crippen LogP contribution in [0.4, 0.5) is 0 Å². The van der Waals surface area contributed by atoms with Gasteiger partial charge in [0.05, 0.1) is 26.4 Å². The van der Waals surface area contributed by atoms with Crippen LogP contribution in [0.3, 0.4) is 0 Å². The topological polar surface area (TPSA) is 73.0 Å². The number of guanidine groups is 1. The van der Waals surface area contributed by atoms with E-state index in [0.717, 1.165) is 31.5 Å². The molecule has 0 amide bonds. The maximum Gasteiger partial charge on any atom is 0.218 e. The molecule has 1 aromatic heterocycles. The molecule has 1 fully saturated rings. The third-order valence-corrected chi connectivity index (χ3v) is 3.33. The van der Waals surface area contributed by atoms with Gasteiger partial charge in [-0.25, -0.2) is 9.98 Å². The number of rotatable bonds is 6. The second-order valence-corrected chi connectivity index (χ2v) is 4.94. The van der Waals surface area contributed by atoms with Gasteiger partial charge in [-0.2, -0.15) is 0 Å². The predicted molar refractivity (Wildman–Crippen MR) is 97.8 cm³/mol. The van der Waals surface area contributed by atoms with Crippen molar-refractivity contribution in [1.82, 2.24) is 9.88 Å². The van der Waals surface area contributed by atoms with Gasteiger partial charge in [0.2, 0.25) is 5.88 Å². The Morgan fingerprint density at radius 2 is 2.23 bits per heavy atom. The molecule has 0 unspecified atom stereocenters. The molecular formula is C15H25IN4O2. The van der Waals surface area contributed by atoms with Crippen molar-refractivity contribution in [3.63, 3.8) is 0 Å². The summed E-state index contributed by atoms with van der Waals surface area (Å²) in [6.45, 7) is 6.30. The predicted octanol–water partition coefficient (Wildman–Crippen LogP) is 2.03. The van der Waals surface area contributed by atoms with Crippen molar-refractivity contribution in [3.8, 4) is 5.88 Å². The first-order valence-electron chi connectivity index (χ1n) is 7.50. The molecule has 0 atom stereocenters. The molecule has 1 aliphatic heterocycles. The lowest BCUT2D eigenvalue weighted by molar-refractivity contribution is 0.0674. The van der Waals surface area contributed by atoms with E-state index in [9.17, 15) is 0 Å². The van der Waals surface area contributed by atoms with Gasteiger partial charge in [0.25, 0.3) is 0 Å². The Morgan fingerprint density at radius 3 is 2.95 bits per heavy atom. The zero-order valence-electron chi connectivity index (χ0n) is 13.0. The molecule has 0 aromatic carbocycles. The zero-order valence-corrected chi connectivity index (χ0v) is 15.4. The Balaban J connectivity index is 0.00000242. The second-order valence-electron chi connectivity index (χ2n) is 4.94. The molecule has 22 heavy (non-hydrogen) atoms. The van der Waals surface area contributed by atoms with Gasteiger partial charge in [0.1, 0.15) is 0 Å². The molecule has 0 aliphatic carbocycles. The third-order valence-electron chi connectivity index (χ3n) is 3.33. The van der Waals surface area contributed by atoms with Crippen LogP contribution in [0.25, 0.3) is 0 Å². The molecule has 0 bridgehead atoms. The van der Waals surface area contributed by atoms with E-state index in [2.05, 4.69) is 16.9 Å². The smallest absolute Gasteiger partial charge is 0.218 e. The van der Waals surface area contributed by atoms with Crippen molar-refractivity contribution < 1.29 is 9.47 Å². The van der Waals surface area contributed by atoms with Gasteiger partial charge < -0.3 is 20.1 Å². The number of pyridine rings is 1. The quantitative estimate of drug-likeness (QED) is 0.330. The maximum atomic E-state index is 6.03. The van der Waals surface area contributed by atoms with Crippen LogP contribution in [0.2, 0.25) is 0 Å². The van der Waals surface area contributed by atoms with Gasteiger partial charge in [-0.1, -0.05) is 19.4 Å². The molecular weight excluding hydrogens is 395 g/mol. The molecule has 1 aliphatic rings. The summed E-state index contributed by atoms with van der Waals surface area (Å²) in [7, 11) is 0. The van der Waals surface area contributed by atoms with Crippen molar-refractivity contribution >= 4 is 29.9 Å². The summed E-state index contributed by atoms with van der Waals surface area (Å²) >= 11 is 0. The van der Waals surface area contributed by atoms with Gasteiger partial charge in [-0.15, -0.1) is 24.0 Å². The van der Waals surface area contributed by atoms with Crippen LogP contribution in [0.15, 0.2) is 23.3 Å². The van der Waals surface area contributed by atoms with Crippen LogP contribution < -0.4 is 10.5 Å². The standard InChI is InChI=1S/C15H24N4O2.HI/c1-2-3-9-21-14-13(5-4-6-17-14)12-18-15(16)19-7-10-20-11-8-19;/h4-6H,2-3,7-12H2,1H3,(H2,16,18);1H. The number of ether oxygens (including phenoxy) is 2. The summed E-state index contributed by atoms with van der Waals surface area (Å²) in [6.07, 6.45) is 3.86. The van der Waals surface area contributed by atoms with E-state index in [1.165, 1.54) is 0 Å². The fourth-order valence-electron chi connectivity index (χ4n) is 2.05. The first-order valence-corrected chi connectivity index (χ1v) is 7.50. The van der Waals surface area contributed by atoms with Gasteiger partial charge >= 0.3 is 0 Å². The normalized spacial score (nSPS) is 15.3. The number of nitrogens with two attached hydrogens (primary N) is 1. The van der Waals surface area contributed by atoms with Crippen LogP contribution in [0.5, 0.6) is 5.88 Å².